The second kappa shape index (κ2) is 4.93. The van der Waals surface area contributed by atoms with E-state index in [0.29, 0.717) is 0 Å². The summed E-state index contributed by atoms with van der Waals surface area (Å²) in [4.78, 5) is 4.22. The van der Waals surface area contributed by atoms with Gasteiger partial charge in [0.2, 0.25) is 0 Å². The van der Waals surface area contributed by atoms with Crippen molar-refractivity contribution in [3.63, 3.8) is 0 Å². The van der Waals surface area contributed by atoms with Crippen LogP contribution in [-0.2, 0) is 19.0 Å². The van der Waals surface area contributed by atoms with Gasteiger partial charge in [-0.3, -0.25) is 4.98 Å². The maximum absolute atomic E-state index is 12.6. The molecule has 0 bridgehead atoms. The number of alkyl halides is 3. The highest BCUT2D eigenvalue weighted by Gasteiger charge is 2.30. The molecule has 0 N–H and O–H groups in total. The average molecular weight is 277 g/mol. The van der Waals surface area contributed by atoms with Crippen LogP contribution >= 0.6 is 0 Å². The van der Waals surface area contributed by atoms with Gasteiger partial charge in [0.25, 0.3) is 0 Å². The van der Waals surface area contributed by atoms with Gasteiger partial charge in [0.1, 0.15) is 0 Å². The molecule has 1 aliphatic carbocycles. The van der Waals surface area contributed by atoms with E-state index in [0.717, 1.165) is 48.9 Å². The zero-order valence-electron chi connectivity index (χ0n) is 10.9. The lowest BCUT2D eigenvalue weighted by Crippen LogP contribution is -2.06. The van der Waals surface area contributed by atoms with Crippen LogP contribution < -0.4 is 0 Å². The van der Waals surface area contributed by atoms with Crippen LogP contribution in [0.15, 0.2) is 36.7 Å². The molecule has 0 aliphatic heterocycles. The molecule has 1 nitrogen and oxygen atoms in total. The Morgan fingerprint density at radius 1 is 0.900 bits per heavy atom. The van der Waals surface area contributed by atoms with Crippen LogP contribution in [0.5, 0.6) is 0 Å². The van der Waals surface area contributed by atoms with Gasteiger partial charge in [-0.2, -0.15) is 13.2 Å². The molecule has 2 aromatic rings. The Morgan fingerprint density at radius 3 is 2.30 bits per heavy atom. The summed E-state index contributed by atoms with van der Waals surface area (Å²) in [5.74, 6) is 0. The highest BCUT2D eigenvalue weighted by atomic mass is 19.4. The van der Waals surface area contributed by atoms with Gasteiger partial charge in [-0.05, 0) is 54.5 Å². The summed E-state index contributed by atoms with van der Waals surface area (Å²) in [5.41, 5.74) is 3.64. The van der Waals surface area contributed by atoms with E-state index in [1.54, 1.807) is 6.20 Å². The fourth-order valence-corrected chi connectivity index (χ4v) is 2.75. The molecule has 1 heterocycles. The topological polar surface area (TPSA) is 12.9 Å². The first-order valence-corrected chi connectivity index (χ1v) is 6.69. The van der Waals surface area contributed by atoms with E-state index in [2.05, 4.69) is 4.98 Å². The van der Waals surface area contributed by atoms with Crippen molar-refractivity contribution in [1.82, 2.24) is 4.98 Å². The Labute approximate surface area is 115 Å². The molecule has 0 spiro atoms. The Kier molecular flexibility index (Phi) is 3.24. The highest BCUT2D eigenvalue weighted by molar-refractivity contribution is 5.68. The number of fused-ring (bicyclic) bond motifs is 1. The summed E-state index contributed by atoms with van der Waals surface area (Å²) in [6.07, 6.45) is 3.63. The Morgan fingerprint density at radius 2 is 1.60 bits per heavy atom. The maximum Gasteiger partial charge on any atom is 0.416 e. The summed E-state index contributed by atoms with van der Waals surface area (Å²) in [6, 6.07) is 5.35. The molecule has 3 rings (SSSR count). The lowest BCUT2D eigenvalue weighted by atomic mass is 9.88. The number of halogens is 3. The van der Waals surface area contributed by atoms with Crippen molar-refractivity contribution < 1.29 is 13.2 Å². The first kappa shape index (κ1) is 13.2. The molecule has 20 heavy (non-hydrogen) atoms. The van der Waals surface area contributed by atoms with E-state index in [1.807, 2.05) is 6.20 Å². The second-order valence-corrected chi connectivity index (χ2v) is 5.11. The number of aromatic nitrogens is 1. The fourth-order valence-electron chi connectivity index (χ4n) is 2.75. The van der Waals surface area contributed by atoms with Gasteiger partial charge in [-0.1, -0.05) is 12.1 Å². The fraction of sp³-hybridized carbons (Fsp3) is 0.312. The van der Waals surface area contributed by atoms with Crippen LogP contribution in [0.2, 0.25) is 0 Å². The van der Waals surface area contributed by atoms with Crippen LogP contribution in [0.25, 0.3) is 11.1 Å². The number of aryl methyl sites for hydroxylation is 1. The van der Waals surface area contributed by atoms with Crippen molar-refractivity contribution in [3.8, 4) is 11.1 Å². The predicted molar refractivity (Wildman–Crippen MR) is 71.3 cm³/mol. The normalized spacial score (nSPS) is 14.9. The van der Waals surface area contributed by atoms with Crippen LogP contribution in [0, 0.1) is 0 Å². The lowest BCUT2D eigenvalue weighted by Gasteiger charge is -2.19. The number of hydrogen-bond donors (Lipinski definition) is 0. The SMILES string of the molecule is FC(F)(F)c1ccc(-c2cncc3c2CCCC3)cc1. The minimum atomic E-state index is -4.28. The van der Waals surface area contributed by atoms with Gasteiger partial charge in [-0.15, -0.1) is 0 Å². The van der Waals surface area contributed by atoms with E-state index >= 15 is 0 Å². The van der Waals surface area contributed by atoms with Gasteiger partial charge >= 0.3 is 6.18 Å². The molecule has 0 saturated carbocycles. The van der Waals surface area contributed by atoms with Gasteiger partial charge < -0.3 is 0 Å². The molecule has 4 heteroatoms. The molecule has 0 saturated heterocycles. The Balaban J connectivity index is 2.01. The van der Waals surface area contributed by atoms with Crippen molar-refractivity contribution >= 4 is 0 Å². The molecule has 1 aromatic carbocycles. The summed E-state index contributed by atoms with van der Waals surface area (Å²) in [6.45, 7) is 0. The molecule has 0 atom stereocenters. The standard InChI is InChI=1S/C16H14F3N/c17-16(18,19)13-7-5-11(6-8-13)15-10-20-9-12-3-1-2-4-14(12)15/h5-10H,1-4H2. The third-order valence-electron chi connectivity index (χ3n) is 3.79. The van der Waals surface area contributed by atoms with Crippen LogP contribution in [0.4, 0.5) is 13.2 Å². The monoisotopic (exact) mass is 277 g/mol. The second-order valence-electron chi connectivity index (χ2n) is 5.11. The maximum atomic E-state index is 12.6. The highest BCUT2D eigenvalue weighted by Crippen LogP contribution is 2.33. The van der Waals surface area contributed by atoms with Gasteiger partial charge in [0.15, 0.2) is 0 Å². The number of rotatable bonds is 1. The molecule has 0 radical (unpaired) electrons. The molecule has 1 aromatic heterocycles. The third-order valence-corrected chi connectivity index (χ3v) is 3.79. The minimum Gasteiger partial charge on any atom is -0.264 e. The van der Waals surface area contributed by atoms with Crippen LogP contribution in [0.1, 0.15) is 29.5 Å². The van der Waals surface area contributed by atoms with Gasteiger partial charge in [0, 0.05) is 18.0 Å². The van der Waals surface area contributed by atoms with Crippen LogP contribution in [-0.4, -0.2) is 4.98 Å². The van der Waals surface area contributed by atoms with E-state index in [1.165, 1.54) is 23.3 Å². The van der Waals surface area contributed by atoms with E-state index in [-0.39, 0.29) is 0 Å². The zero-order chi connectivity index (χ0) is 14.2. The summed E-state index contributed by atoms with van der Waals surface area (Å²) in [5, 5.41) is 0. The summed E-state index contributed by atoms with van der Waals surface area (Å²) >= 11 is 0. The van der Waals surface area contributed by atoms with Crippen molar-refractivity contribution in [2.45, 2.75) is 31.9 Å². The quantitative estimate of drug-likeness (QED) is 0.739. The average Bonchev–Trinajstić information content (AvgIpc) is 2.46. The molecule has 1 aliphatic rings. The molecular weight excluding hydrogens is 263 g/mol. The van der Waals surface area contributed by atoms with E-state index in [4.69, 9.17) is 0 Å². The zero-order valence-corrected chi connectivity index (χ0v) is 10.9. The van der Waals surface area contributed by atoms with Crippen molar-refractivity contribution in [1.29, 1.82) is 0 Å². The molecule has 104 valence electrons. The van der Waals surface area contributed by atoms with E-state index < -0.39 is 11.7 Å². The third kappa shape index (κ3) is 2.42. The lowest BCUT2D eigenvalue weighted by molar-refractivity contribution is -0.137. The minimum absolute atomic E-state index is 0.612. The molecule has 0 fully saturated rings. The van der Waals surface area contributed by atoms with Crippen molar-refractivity contribution in [2.24, 2.45) is 0 Å². The molecular formula is C16H14F3N. The van der Waals surface area contributed by atoms with Crippen molar-refractivity contribution in [3.05, 3.63) is 53.3 Å². The largest absolute Gasteiger partial charge is 0.416 e. The van der Waals surface area contributed by atoms with Crippen LogP contribution in [0.3, 0.4) is 0 Å². The number of hydrogen-bond acceptors (Lipinski definition) is 1. The number of pyridine rings is 1. The molecule has 0 amide bonds. The number of benzene rings is 1. The summed E-state index contributed by atoms with van der Waals surface area (Å²) in [7, 11) is 0. The first-order chi connectivity index (χ1) is 9.55. The van der Waals surface area contributed by atoms with Gasteiger partial charge in [0.05, 0.1) is 5.56 Å². The number of nitrogens with zero attached hydrogens (tertiary/aromatic N) is 1. The Bertz CT molecular complexity index is 615. The molecule has 0 unspecified atom stereocenters. The predicted octanol–water partition coefficient (Wildman–Crippen LogP) is 4.65. The van der Waals surface area contributed by atoms with Gasteiger partial charge in [-0.25, -0.2) is 0 Å². The van der Waals surface area contributed by atoms with Crippen molar-refractivity contribution in [2.75, 3.05) is 0 Å². The Hall–Kier alpha value is -1.84. The first-order valence-electron chi connectivity index (χ1n) is 6.69. The smallest absolute Gasteiger partial charge is 0.264 e. The summed E-state index contributed by atoms with van der Waals surface area (Å²) < 4.78 is 37.7. The van der Waals surface area contributed by atoms with E-state index in [9.17, 15) is 13.2 Å².